The van der Waals surface area contributed by atoms with Gasteiger partial charge in [-0.05, 0) is 51.5 Å². The molecule has 0 aliphatic carbocycles. The summed E-state index contributed by atoms with van der Waals surface area (Å²) in [5.41, 5.74) is 0.730. The van der Waals surface area contributed by atoms with Gasteiger partial charge in [-0.1, -0.05) is 0 Å². The van der Waals surface area contributed by atoms with Crippen LogP contribution in [0.2, 0.25) is 0 Å². The van der Waals surface area contributed by atoms with Crippen molar-refractivity contribution in [2.45, 2.75) is 13.0 Å². The molecule has 11 heavy (non-hydrogen) atoms. The van der Waals surface area contributed by atoms with E-state index >= 15 is 0 Å². The highest BCUT2D eigenvalue weighted by molar-refractivity contribution is 14.1. The van der Waals surface area contributed by atoms with Crippen LogP contribution in [-0.2, 0) is 0 Å². The summed E-state index contributed by atoms with van der Waals surface area (Å²) < 4.78 is 1.92. The molecular weight excluding hydrogens is 321 g/mol. The van der Waals surface area contributed by atoms with Crippen molar-refractivity contribution >= 4 is 38.5 Å². The Hall–Kier alpha value is 0.320. The molecule has 0 saturated heterocycles. The van der Waals surface area contributed by atoms with E-state index in [0.29, 0.717) is 0 Å². The predicted octanol–water partition coefficient (Wildman–Crippen LogP) is 2.50. The molecule has 1 atom stereocenters. The third-order valence-corrected chi connectivity index (χ3v) is 2.53. The molecule has 2 nitrogen and oxygen atoms in total. The molecule has 0 bridgehead atoms. The van der Waals surface area contributed by atoms with E-state index in [2.05, 4.69) is 43.5 Å². The zero-order valence-electron chi connectivity index (χ0n) is 5.88. The van der Waals surface area contributed by atoms with Gasteiger partial charge in [0.2, 0.25) is 0 Å². The van der Waals surface area contributed by atoms with Crippen molar-refractivity contribution in [2.24, 2.45) is 0 Å². The maximum absolute atomic E-state index is 9.21. The minimum absolute atomic E-state index is 0.491. The summed E-state index contributed by atoms with van der Waals surface area (Å²) >= 11 is 5.45. The van der Waals surface area contributed by atoms with Crippen LogP contribution in [0.4, 0.5) is 0 Å². The summed E-state index contributed by atoms with van der Waals surface area (Å²) in [5, 5.41) is 9.21. The second-order valence-electron chi connectivity index (χ2n) is 2.20. The van der Waals surface area contributed by atoms with Crippen molar-refractivity contribution in [3.05, 3.63) is 26.0 Å². The van der Waals surface area contributed by atoms with E-state index < -0.39 is 6.10 Å². The van der Waals surface area contributed by atoms with Gasteiger partial charge in [0, 0.05) is 14.2 Å². The second kappa shape index (κ2) is 3.82. The Morgan fingerprint density at radius 1 is 1.73 bits per heavy atom. The number of pyridine rings is 1. The van der Waals surface area contributed by atoms with Gasteiger partial charge in [0.05, 0.1) is 11.8 Å². The monoisotopic (exact) mass is 327 g/mol. The molecule has 1 unspecified atom stereocenters. The van der Waals surface area contributed by atoms with Crippen LogP contribution in [0, 0.1) is 3.57 Å². The van der Waals surface area contributed by atoms with Crippen LogP contribution in [0.15, 0.2) is 16.7 Å². The molecule has 0 fully saturated rings. The Kier molecular flexibility index (Phi) is 3.27. The number of aliphatic hydroxyl groups excluding tert-OH is 1. The van der Waals surface area contributed by atoms with Gasteiger partial charge in [0.25, 0.3) is 0 Å². The number of hydrogen-bond donors (Lipinski definition) is 1. The number of rotatable bonds is 1. The van der Waals surface area contributed by atoms with Crippen LogP contribution in [0.25, 0.3) is 0 Å². The van der Waals surface area contributed by atoms with Gasteiger partial charge < -0.3 is 5.11 Å². The molecular formula is C7H7BrINO. The van der Waals surface area contributed by atoms with Crippen molar-refractivity contribution in [1.82, 2.24) is 4.98 Å². The van der Waals surface area contributed by atoms with Crippen molar-refractivity contribution in [2.75, 3.05) is 0 Å². The molecule has 0 radical (unpaired) electrons. The quantitative estimate of drug-likeness (QED) is 0.804. The van der Waals surface area contributed by atoms with E-state index in [0.717, 1.165) is 13.7 Å². The third kappa shape index (κ3) is 2.38. The Morgan fingerprint density at radius 2 is 2.36 bits per heavy atom. The SMILES string of the molecule is CC(O)c1ncc(Br)cc1I. The first-order chi connectivity index (χ1) is 5.11. The van der Waals surface area contributed by atoms with E-state index in [4.69, 9.17) is 0 Å². The van der Waals surface area contributed by atoms with Crippen LogP contribution in [-0.4, -0.2) is 10.1 Å². The topological polar surface area (TPSA) is 33.1 Å². The summed E-state index contributed by atoms with van der Waals surface area (Å²) in [4.78, 5) is 4.07. The van der Waals surface area contributed by atoms with Crippen molar-refractivity contribution in [1.29, 1.82) is 0 Å². The van der Waals surface area contributed by atoms with E-state index in [-0.39, 0.29) is 0 Å². The van der Waals surface area contributed by atoms with Crippen LogP contribution < -0.4 is 0 Å². The van der Waals surface area contributed by atoms with Crippen molar-refractivity contribution in [3.8, 4) is 0 Å². The van der Waals surface area contributed by atoms with Crippen molar-refractivity contribution in [3.63, 3.8) is 0 Å². The van der Waals surface area contributed by atoms with Gasteiger partial charge in [0.1, 0.15) is 0 Å². The lowest BCUT2D eigenvalue weighted by Gasteiger charge is -2.05. The maximum atomic E-state index is 9.21. The normalized spacial score (nSPS) is 13.1. The fourth-order valence-corrected chi connectivity index (χ4v) is 2.42. The summed E-state index contributed by atoms with van der Waals surface area (Å²) in [5.74, 6) is 0. The largest absolute Gasteiger partial charge is 0.387 e. The van der Waals surface area contributed by atoms with Crippen LogP contribution in [0.3, 0.4) is 0 Å². The van der Waals surface area contributed by atoms with Gasteiger partial charge in [0.15, 0.2) is 0 Å². The molecule has 1 aromatic rings. The summed E-state index contributed by atoms with van der Waals surface area (Å²) in [7, 11) is 0. The minimum atomic E-state index is -0.491. The number of hydrogen-bond acceptors (Lipinski definition) is 2. The molecule has 1 heterocycles. The lowest BCUT2D eigenvalue weighted by molar-refractivity contribution is 0.193. The zero-order valence-corrected chi connectivity index (χ0v) is 9.63. The molecule has 4 heteroatoms. The lowest BCUT2D eigenvalue weighted by Crippen LogP contribution is -1.98. The van der Waals surface area contributed by atoms with Gasteiger partial charge in [-0.25, -0.2) is 0 Å². The first kappa shape index (κ1) is 9.41. The lowest BCUT2D eigenvalue weighted by atomic mass is 10.2. The van der Waals surface area contributed by atoms with Gasteiger partial charge in [-0.15, -0.1) is 0 Å². The molecule has 0 aromatic carbocycles. The highest BCUT2D eigenvalue weighted by Crippen LogP contribution is 2.20. The molecule has 0 amide bonds. The molecule has 1 rings (SSSR count). The Balaban J connectivity index is 3.09. The summed E-state index contributed by atoms with van der Waals surface area (Å²) in [6.07, 6.45) is 1.19. The molecule has 0 saturated carbocycles. The molecule has 0 aliphatic rings. The van der Waals surface area contributed by atoms with Crippen LogP contribution in [0.5, 0.6) is 0 Å². The standard InChI is InChI=1S/C7H7BrINO/c1-4(11)7-6(9)2-5(8)3-10-7/h2-4,11H,1H3. The van der Waals surface area contributed by atoms with Crippen molar-refractivity contribution < 1.29 is 5.11 Å². The van der Waals surface area contributed by atoms with Gasteiger partial charge in [-0.2, -0.15) is 0 Å². The molecule has 1 N–H and O–H groups in total. The predicted molar refractivity (Wildman–Crippen MR) is 55.3 cm³/mol. The minimum Gasteiger partial charge on any atom is -0.387 e. The highest BCUT2D eigenvalue weighted by Gasteiger charge is 2.06. The average Bonchev–Trinajstić information content (AvgIpc) is 1.85. The van der Waals surface area contributed by atoms with Gasteiger partial charge >= 0.3 is 0 Å². The smallest absolute Gasteiger partial charge is 0.0942 e. The number of aliphatic hydroxyl groups is 1. The van der Waals surface area contributed by atoms with Crippen LogP contribution >= 0.6 is 38.5 Å². The maximum Gasteiger partial charge on any atom is 0.0942 e. The molecule has 0 aliphatic heterocycles. The fourth-order valence-electron chi connectivity index (χ4n) is 0.733. The van der Waals surface area contributed by atoms with E-state index in [9.17, 15) is 5.11 Å². The molecule has 60 valence electrons. The van der Waals surface area contributed by atoms with E-state index in [1.807, 2.05) is 6.07 Å². The first-order valence-electron chi connectivity index (χ1n) is 3.10. The Morgan fingerprint density at radius 3 is 2.82 bits per heavy atom. The second-order valence-corrected chi connectivity index (χ2v) is 4.27. The molecule has 1 aromatic heterocycles. The van der Waals surface area contributed by atoms with E-state index in [1.54, 1.807) is 13.1 Å². The first-order valence-corrected chi connectivity index (χ1v) is 4.97. The Labute approximate surface area is 87.3 Å². The number of halogens is 2. The van der Waals surface area contributed by atoms with Gasteiger partial charge in [-0.3, -0.25) is 4.98 Å². The van der Waals surface area contributed by atoms with Crippen LogP contribution in [0.1, 0.15) is 18.7 Å². The Bertz CT molecular complexity index is 265. The van der Waals surface area contributed by atoms with E-state index in [1.165, 1.54) is 0 Å². The fraction of sp³-hybridized carbons (Fsp3) is 0.286. The number of aromatic nitrogens is 1. The average molecular weight is 328 g/mol. The number of nitrogens with zero attached hydrogens (tertiary/aromatic N) is 1. The third-order valence-electron chi connectivity index (χ3n) is 1.23. The summed E-state index contributed by atoms with van der Waals surface area (Å²) in [6, 6.07) is 1.93. The highest BCUT2D eigenvalue weighted by atomic mass is 127. The molecule has 0 spiro atoms. The zero-order chi connectivity index (χ0) is 8.43. The summed E-state index contributed by atoms with van der Waals surface area (Å²) in [6.45, 7) is 1.71.